The Bertz CT molecular complexity index is 758. The minimum Gasteiger partial charge on any atom is -0.497 e. The number of benzene rings is 2. The molecule has 2 rings (SSSR count). The minimum atomic E-state index is -0.699. The van der Waals surface area contributed by atoms with Gasteiger partial charge in [-0.15, -0.1) is 0 Å². The minimum absolute atomic E-state index is 0.299. The van der Waals surface area contributed by atoms with E-state index in [-0.39, 0.29) is 0 Å². The summed E-state index contributed by atoms with van der Waals surface area (Å²) in [6.45, 7) is -0.536. The van der Waals surface area contributed by atoms with Gasteiger partial charge in [-0.2, -0.15) is 0 Å². The number of methoxy groups -OCH3 is 1. The van der Waals surface area contributed by atoms with Crippen molar-refractivity contribution in [3.63, 3.8) is 0 Å². The number of nitrogens with one attached hydrogen (secondary N) is 1. The molecule has 0 aliphatic heterocycles. The van der Waals surface area contributed by atoms with E-state index in [4.69, 9.17) is 9.47 Å². The predicted molar refractivity (Wildman–Crippen MR) is 94.9 cm³/mol. The van der Waals surface area contributed by atoms with Crippen molar-refractivity contribution in [2.24, 2.45) is 0 Å². The standard InChI is InChI=1S/C17H14INO5/c1-23-14-7-5-11(6-8-14)16(21)19-15(20)10-24-17(22)12-3-2-4-13(18)9-12/h2-9H,10H2,1H3,(H,19,20,21). The molecular formula is C17H14INO5. The van der Waals surface area contributed by atoms with E-state index < -0.39 is 24.4 Å². The summed E-state index contributed by atoms with van der Waals surface area (Å²) < 4.78 is 10.8. The molecular weight excluding hydrogens is 425 g/mol. The molecule has 0 spiro atoms. The maximum absolute atomic E-state index is 11.9. The van der Waals surface area contributed by atoms with Crippen LogP contribution in [0.1, 0.15) is 20.7 Å². The normalized spacial score (nSPS) is 9.92. The van der Waals surface area contributed by atoms with E-state index in [1.165, 1.54) is 19.2 Å². The molecule has 0 atom stereocenters. The van der Waals surface area contributed by atoms with Gasteiger partial charge in [0.05, 0.1) is 12.7 Å². The Balaban J connectivity index is 1.86. The molecule has 6 nitrogen and oxygen atoms in total. The zero-order chi connectivity index (χ0) is 17.5. The summed E-state index contributed by atoms with van der Waals surface area (Å²) in [5.74, 6) is -1.30. The Kier molecular flexibility index (Phi) is 6.30. The van der Waals surface area contributed by atoms with Crippen LogP contribution in [0.3, 0.4) is 0 Å². The van der Waals surface area contributed by atoms with Gasteiger partial charge in [0.1, 0.15) is 5.75 Å². The Hall–Kier alpha value is -2.42. The molecule has 0 radical (unpaired) electrons. The van der Waals surface area contributed by atoms with Gasteiger partial charge >= 0.3 is 5.97 Å². The van der Waals surface area contributed by atoms with Gasteiger partial charge in [0, 0.05) is 9.13 Å². The molecule has 24 heavy (non-hydrogen) atoms. The highest BCUT2D eigenvalue weighted by atomic mass is 127. The number of hydrogen-bond acceptors (Lipinski definition) is 5. The van der Waals surface area contributed by atoms with Crippen LogP contribution in [0.4, 0.5) is 0 Å². The molecule has 0 unspecified atom stereocenters. The molecule has 0 heterocycles. The molecule has 2 amide bonds. The van der Waals surface area contributed by atoms with Crippen LogP contribution in [-0.4, -0.2) is 31.5 Å². The monoisotopic (exact) mass is 439 g/mol. The third-order valence-corrected chi connectivity index (χ3v) is 3.67. The quantitative estimate of drug-likeness (QED) is 0.572. The molecule has 124 valence electrons. The lowest BCUT2D eigenvalue weighted by Crippen LogP contribution is -2.34. The van der Waals surface area contributed by atoms with Crippen molar-refractivity contribution in [3.8, 4) is 5.75 Å². The molecule has 0 saturated heterocycles. The number of halogens is 1. The van der Waals surface area contributed by atoms with Crippen molar-refractivity contribution < 1.29 is 23.9 Å². The molecule has 1 N–H and O–H groups in total. The summed E-state index contributed by atoms with van der Waals surface area (Å²) in [6, 6.07) is 13.0. The first-order valence-corrected chi connectivity index (χ1v) is 7.98. The maximum Gasteiger partial charge on any atom is 0.338 e. The fraction of sp³-hybridized carbons (Fsp3) is 0.118. The number of hydrogen-bond donors (Lipinski definition) is 1. The highest BCUT2D eigenvalue weighted by Crippen LogP contribution is 2.11. The molecule has 0 saturated carbocycles. The Morgan fingerprint density at radius 3 is 2.38 bits per heavy atom. The van der Waals surface area contributed by atoms with E-state index in [1.807, 2.05) is 6.07 Å². The largest absolute Gasteiger partial charge is 0.497 e. The van der Waals surface area contributed by atoms with Gasteiger partial charge in [0.2, 0.25) is 0 Å². The third-order valence-electron chi connectivity index (χ3n) is 3.00. The number of esters is 1. The maximum atomic E-state index is 11.9. The fourth-order valence-corrected chi connectivity index (χ4v) is 2.35. The second-order valence-electron chi connectivity index (χ2n) is 4.69. The van der Waals surface area contributed by atoms with Gasteiger partial charge in [-0.25, -0.2) is 4.79 Å². The summed E-state index contributed by atoms with van der Waals surface area (Å²) in [5, 5.41) is 2.15. The van der Waals surface area contributed by atoms with Crippen LogP contribution >= 0.6 is 22.6 Å². The summed E-state index contributed by atoms with van der Waals surface area (Å²) in [7, 11) is 1.51. The van der Waals surface area contributed by atoms with E-state index in [0.717, 1.165) is 3.57 Å². The Morgan fingerprint density at radius 2 is 1.75 bits per heavy atom. The number of carbonyl (C=O) groups excluding carboxylic acids is 3. The Morgan fingerprint density at radius 1 is 1.04 bits per heavy atom. The van der Waals surface area contributed by atoms with Crippen LogP contribution in [0.25, 0.3) is 0 Å². The van der Waals surface area contributed by atoms with E-state index in [2.05, 4.69) is 27.9 Å². The number of carbonyl (C=O) groups is 3. The Labute approximate surface area is 152 Å². The first kappa shape index (κ1) is 17.9. The summed E-state index contributed by atoms with van der Waals surface area (Å²) in [4.78, 5) is 35.4. The second-order valence-corrected chi connectivity index (χ2v) is 5.94. The van der Waals surface area contributed by atoms with Crippen LogP contribution in [0, 0.1) is 3.57 Å². The van der Waals surface area contributed by atoms with Crippen LogP contribution in [0.15, 0.2) is 48.5 Å². The molecule has 2 aromatic carbocycles. The van der Waals surface area contributed by atoms with Crippen molar-refractivity contribution in [2.75, 3.05) is 13.7 Å². The fourth-order valence-electron chi connectivity index (χ4n) is 1.81. The molecule has 0 aromatic heterocycles. The summed E-state index contributed by atoms with van der Waals surface area (Å²) in [5.41, 5.74) is 0.643. The smallest absolute Gasteiger partial charge is 0.338 e. The van der Waals surface area contributed by atoms with Crippen LogP contribution in [0.5, 0.6) is 5.75 Å². The predicted octanol–water partition coefficient (Wildman–Crippen LogP) is 2.41. The van der Waals surface area contributed by atoms with Crippen molar-refractivity contribution in [2.45, 2.75) is 0 Å². The van der Waals surface area contributed by atoms with Gasteiger partial charge in [0.25, 0.3) is 11.8 Å². The number of rotatable bonds is 5. The first-order valence-electron chi connectivity index (χ1n) is 6.90. The van der Waals surface area contributed by atoms with E-state index in [0.29, 0.717) is 16.9 Å². The molecule has 0 bridgehead atoms. The first-order chi connectivity index (χ1) is 11.5. The third kappa shape index (κ3) is 5.05. The molecule has 0 aliphatic rings. The average Bonchev–Trinajstić information content (AvgIpc) is 2.59. The number of ether oxygens (including phenoxy) is 2. The van der Waals surface area contributed by atoms with Crippen molar-refractivity contribution in [1.29, 1.82) is 0 Å². The second kappa shape index (κ2) is 8.44. The zero-order valence-corrected chi connectivity index (χ0v) is 14.9. The van der Waals surface area contributed by atoms with E-state index >= 15 is 0 Å². The van der Waals surface area contributed by atoms with Crippen molar-refractivity contribution in [3.05, 3.63) is 63.2 Å². The highest BCUT2D eigenvalue weighted by Gasteiger charge is 2.14. The van der Waals surface area contributed by atoms with Gasteiger partial charge in [-0.3, -0.25) is 14.9 Å². The SMILES string of the molecule is COc1ccc(C(=O)NC(=O)COC(=O)c2cccc(I)c2)cc1. The van der Waals surface area contributed by atoms with Crippen LogP contribution in [0.2, 0.25) is 0 Å². The molecule has 0 aliphatic carbocycles. The topological polar surface area (TPSA) is 81.7 Å². The zero-order valence-electron chi connectivity index (χ0n) is 12.7. The van der Waals surface area contributed by atoms with Crippen molar-refractivity contribution in [1.82, 2.24) is 5.32 Å². The van der Waals surface area contributed by atoms with Gasteiger partial charge in [-0.1, -0.05) is 6.07 Å². The molecule has 7 heteroatoms. The van der Waals surface area contributed by atoms with Crippen molar-refractivity contribution >= 4 is 40.4 Å². The lowest BCUT2D eigenvalue weighted by molar-refractivity contribution is -0.123. The molecule has 0 fully saturated rings. The summed E-state index contributed by atoms with van der Waals surface area (Å²) in [6.07, 6.45) is 0. The van der Waals surface area contributed by atoms with Gasteiger partial charge < -0.3 is 9.47 Å². The number of imide groups is 1. The van der Waals surface area contributed by atoms with Gasteiger partial charge in [0.15, 0.2) is 6.61 Å². The van der Waals surface area contributed by atoms with E-state index in [1.54, 1.807) is 30.3 Å². The lowest BCUT2D eigenvalue weighted by atomic mass is 10.2. The highest BCUT2D eigenvalue weighted by molar-refractivity contribution is 14.1. The number of amides is 2. The lowest BCUT2D eigenvalue weighted by Gasteiger charge is -2.07. The molecule has 2 aromatic rings. The van der Waals surface area contributed by atoms with E-state index in [9.17, 15) is 14.4 Å². The average molecular weight is 439 g/mol. The van der Waals surface area contributed by atoms with Gasteiger partial charge in [-0.05, 0) is 65.1 Å². The van der Waals surface area contributed by atoms with Crippen LogP contribution < -0.4 is 10.1 Å². The van der Waals surface area contributed by atoms with Crippen LogP contribution in [-0.2, 0) is 9.53 Å². The summed E-state index contributed by atoms with van der Waals surface area (Å²) >= 11 is 2.07.